The summed E-state index contributed by atoms with van der Waals surface area (Å²) < 4.78 is 18.5. The molecule has 0 aliphatic carbocycles. The van der Waals surface area contributed by atoms with Crippen LogP contribution in [0, 0.1) is 5.82 Å². The second kappa shape index (κ2) is 7.20. The number of halogens is 1. The number of ether oxygens (including phenoxy) is 1. The van der Waals surface area contributed by atoms with Gasteiger partial charge in [-0.25, -0.2) is 4.39 Å². The molecule has 22 heavy (non-hydrogen) atoms. The van der Waals surface area contributed by atoms with Crippen LogP contribution in [0.4, 0.5) is 4.39 Å². The highest BCUT2D eigenvalue weighted by Crippen LogP contribution is 2.15. The number of piperazine rings is 1. The Morgan fingerprint density at radius 2 is 1.91 bits per heavy atom. The van der Waals surface area contributed by atoms with Crippen LogP contribution in [0.2, 0.25) is 0 Å². The van der Waals surface area contributed by atoms with Crippen LogP contribution in [0.5, 0.6) is 0 Å². The second-order valence-corrected chi connectivity index (χ2v) is 6.12. The average molecular weight is 306 g/mol. The van der Waals surface area contributed by atoms with E-state index in [1.165, 1.54) is 18.6 Å². The number of amides is 1. The zero-order valence-electron chi connectivity index (χ0n) is 12.8. The number of hydrogen-bond donors (Lipinski definition) is 0. The van der Waals surface area contributed by atoms with Gasteiger partial charge in [0.2, 0.25) is 5.91 Å². The molecule has 0 spiro atoms. The van der Waals surface area contributed by atoms with Crippen molar-refractivity contribution in [2.45, 2.75) is 25.4 Å². The van der Waals surface area contributed by atoms with Gasteiger partial charge in [-0.15, -0.1) is 0 Å². The molecule has 0 saturated carbocycles. The van der Waals surface area contributed by atoms with Gasteiger partial charge in [-0.2, -0.15) is 0 Å². The lowest BCUT2D eigenvalue weighted by Gasteiger charge is -2.35. The summed E-state index contributed by atoms with van der Waals surface area (Å²) in [6.07, 6.45) is 3.05. The van der Waals surface area contributed by atoms with Crippen LogP contribution in [0.15, 0.2) is 24.3 Å². The highest BCUT2D eigenvalue weighted by Gasteiger charge is 2.24. The first-order valence-electron chi connectivity index (χ1n) is 8.07. The van der Waals surface area contributed by atoms with E-state index in [1.807, 2.05) is 4.90 Å². The van der Waals surface area contributed by atoms with E-state index in [2.05, 4.69) is 4.90 Å². The van der Waals surface area contributed by atoms with Crippen LogP contribution < -0.4 is 0 Å². The van der Waals surface area contributed by atoms with Crippen molar-refractivity contribution >= 4 is 5.91 Å². The van der Waals surface area contributed by atoms with Crippen molar-refractivity contribution in [1.82, 2.24) is 9.80 Å². The average Bonchev–Trinajstić information content (AvgIpc) is 3.03. The standard InChI is InChI=1S/C17H23FN2O2/c18-15-5-3-14(4-6-15)12-17(21)20-9-7-19(8-10-20)13-16-2-1-11-22-16/h3-6,16H,1-2,7-13H2. The molecule has 2 saturated heterocycles. The quantitative estimate of drug-likeness (QED) is 0.849. The topological polar surface area (TPSA) is 32.8 Å². The summed E-state index contributed by atoms with van der Waals surface area (Å²) in [5.41, 5.74) is 0.869. The van der Waals surface area contributed by atoms with Gasteiger partial charge < -0.3 is 9.64 Å². The molecule has 0 N–H and O–H groups in total. The lowest BCUT2D eigenvalue weighted by atomic mass is 10.1. The molecule has 120 valence electrons. The molecule has 1 aromatic carbocycles. The van der Waals surface area contributed by atoms with Crippen LogP contribution in [0.25, 0.3) is 0 Å². The van der Waals surface area contributed by atoms with Gasteiger partial charge in [-0.05, 0) is 30.5 Å². The number of rotatable bonds is 4. The first-order chi connectivity index (χ1) is 10.7. The molecule has 2 fully saturated rings. The van der Waals surface area contributed by atoms with Crippen molar-refractivity contribution in [3.05, 3.63) is 35.6 Å². The Morgan fingerprint density at radius 1 is 1.18 bits per heavy atom. The normalized spacial score (nSPS) is 23.0. The minimum atomic E-state index is -0.265. The van der Waals surface area contributed by atoms with E-state index < -0.39 is 0 Å². The van der Waals surface area contributed by atoms with Crippen molar-refractivity contribution in [2.24, 2.45) is 0 Å². The summed E-state index contributed by atoms with van der Waals surface area (Å²) in [4.78, 5) is 16.6. The third-order valence-electron chi connectivity index (χ3n) is 4.48. The van der Waals surface area contributed by atoms with Gasteiger partial charge in [-0.1, -0.05) is 12.1 Å². The number of benzene rings is 1. The van der Waals surface area contributed by atoms with Crippen LogP contribution >= 0.6 is 0 Å². The van der Waals surface area contributed by atoms with Gasteiger partial charge in [0.25, 0.3) is 0 Å². The molecule has 2 aliphatic rings. The SMILES string of the molecule is O=C(Cc1ccc(F)cc1)N1CCN(CC2CCCO2)CC1. The predicted octanol–water partition coefficient (Wildman–Crippen LogP) is 1.69. The van der Waals surface area contributed by atoms with Crippen molar-refractivity contribution in [2.75, 3.05) is 39.3 Å². The largest absolute Gasteiger partial charge is 0.377 e. The molecule has 0 bridgehead atoms. The number of nitrogens with zero attached hydrogens (tertiary/aromatic N) is 2. The Bertz CT molecular complexity index is 492. The molecule has 4 nitrogen and oxygen atoms in total. The zero-order chi connectivity index (χ0) is 15.4. The molecule has 1 unspecified atom stereocenters. The van der Waals surface area contributed by atoms with Gasteiger partial charge in [0, 0.05) is 39.3 Å². The lowest BCUT2D eigenvalue weighted by Crippen LogP contribution is -2.50. The number of carbonyl (C=O) groups excluding carboxylic acids is 1. The van der Waals surface area contributed by atoms with E-state index in [9.17, 15) is 9.18 Å². The Hall–Kier alpha value is -1.46. The minimum absolute atomic E-state index is 0.128. The van der Waals surface area contributed by atoms with Gasteiger partial charge in [0.1, 0.15) is 5.82 Å². The summed E-state index contributed by atoms with van der Waals surface area (Å²) >= 11 is 0. The monoisotopic (exact) mass is 306 g/mol. The predicted molar refractivity (Wildman–Crippen MR) is 82.1 cm³/mol. The minimum Gasteiger partial charge on any atom is -0.377 e. The highest BCUT2D eigenvalue weighted by atomic mass is 19.1. The Kier molecular flexibility index (Phi) is 5.05. The third kappa shape index (κ3) is 4.05. The molecule has 2 heterocycles. The summed E-state index contributed by atoms with van der Waals surface area (Å²) in [6.45, 7) is 5.24. The molecule has 1 aromatic rings. The maximum absolute atomic E-state index is 12.9. The summed E-state index contributed by atoms with van der Waals surface area (Å²) in [5.74, 6) is -0.137. The molecular weight excluding hydrogens is 283 g/mol. The summed E-state index contributed by atoms with van der Waals surface area (Å²) in [5, 5.41) is 0. The number of hydrogen-bond acceptors (Lipinski definition) is 3. The summed E-state index contributed by atoms with van der Waals surface area (Å²) in [6, 6.07) is 6.17. The van der Waals surface area contributed by atoms with Gasteiger partial charge in [0.05, 0.1) is 12.5 Å². The van der Waals surface area contributed by atoms with E-state index in [-0.39, 0.29) is 11.7 Å². The maximum Gasteiger partial charge on any atom is 0.227 e. The fourth-order valence-electron chi connectivity index (χ4n) is 3.14. The molecule has 1 amide bonds. The highest BCUT2D eigenvalue weighted by molar-refractivity contribution is 5.78. The number of carbonyl (C=O) groups is 1. The van der Waals surface area contributed by atoms with Crippen LogP contribution in [0.1, 0.15) is 18.4 Å². The van der Waals surface area contributed by atoms with E-state index in [4.69, 9.17) is 4.74 Å². The molecule has 0 radical (unpaired) electrons. The van der Waals surface area contributed by atoms with Crippen molar-refractivity contribution in [3.8, 4) is 0 Å². The van der Waals surface area contributed by atoms with Crippen molar-refractivity contribution < 1.29 is 13.9 Å². The van der Waals surface area contributed by atoms with Gasteiger partial charge in [-0.3, -0.25) is 9.69 Å². The Labute approximate surface area is 130 Å². The third-order valence-corrected chi connectivity index (χ3v) is 4.48. The molecule has 0 aromatic heterocycles. The summed E-state index contributed by atoms with van der Waals surface area (Å²) in [7, 11) is 0. The first kappa shape index (κ1) is 15.4. The first-order valence-corrected chi connectivity index (χ1v) is 8.07. The molecule has 1 atom stereocenters. The van der Waals surface area contributed by atoms with Gasteiger partial charge in [0.15, 0.2) is 0 Å². The molecule has 2 aliphatic heterocycles. The Morgan fingerprint density at radius 3 is 2.55 bits per heavy atom. The van der Waals surface area contributed by atoms with E-state index in [1.54, 1.807) is 12.1 Å². The van der Waals surface area contributed by atoms with Crippen molar-refractivity contribution in [3.63, 3.8) is 0 Å². The fourth-order valence-corrected chi connectivity index (χ4v) is 3.14. The molecule has 3 rings (SSSR count). The van der Waals surface area contributed by atoms with E-state index in [0.717, 1.165) is 51.3 Å². The van der Waals surface area contributed by atoms with Crippen LogP contribution in [-0.4, -0.2) is 61.1 Å². The van der Waals surface area contributed by atoms with Crippen LogP contribution in [-0.2, 0) is 16.0 Å². The zero-order valence-corrected chi connectivity index (χ0v) is 12.8. The maximum atomic E-state index is 12.9. The van der Waals surface area contributed by atoms with E-state index >= 15 is 0 Å². The van der Waals surface area contributed by atoms with Crippen molar-refractivity contribution in [1.29, 1.82) is 0 Å². The fraction of sp³-hybridized carbons (Fsp3) is 0.588. The van der Waals surface area contributed by atoms with E-state index in [0.29, 0.717) is 12.5 Å². The second-order valence-electron chi connectivity index (χ2n) is 6.12. The lowest BCUT2D eigenvalue weighted by molar-refractivity contribution is -0.132. The van der Waals surface area contributed by atoms with Crippen LogP contribution in [0.3, 0.4) is 0 Å². The Balaban J connectivity index is 1.44. The molecule has 5 heteroatoms. The smallest absolute Gasteiger partial charge is 0.227 e. The van der Waals surface area contributed by atoms with Gasteiger partial charge >= 0.3 is 0 Å². The molecular formula is C17H23FN2O2.